The summed E-state index contributed by atoms with van der Waals surface area (Å²) in [7, 11) is -6.37. The van der Waals surface area contributed by atoms with Crippen molar-refractivity contribution in [3.05, 3.63) is 36.4 Å². The SMILES string of the molecule is C[NH3+].C[NH3+].Nc1ccc(-c2ccc(N)cc2S(=O)(=O)[O-])c(S(=O)(=O)[O-])c1. The topological polar surface area (TPSA) is 222 Å². The van der Waals surface area contributed by atoms with Gasteiger partial charge in [-0.15, -0.1) is 0 Å². The Morgan fingerprint density at radius 2 is 0.962 bits per heavy atom. The zero-order valence-electron chi connectivity index (χ0n) is 14.3. The molecule has 2 aromatic carbocycles. The lowest BCUT2D eigenvalue weighted by atomic mass is 10.0. The molecule has 0 aliphatic rings. The molecule has 10 N–H and O–H groups in total. The Hall–Kier alpha value is -2.22. The maximum atomic E-state index is 11.3. The first-order valence-corrected chi connectivity index (χ1v) is 9.94. The van der Waals surface area contributed by atoms with Crippen LogP contribution in [-0.2, 0) is 20.2 Å². The summed E-state index contributed by atoms with van der Waals surface area (Å²) in [6.07, 6.45) is 0. The maximum absolute atomic E-state index is 11.3. The number of nitrogen functional groups attached to an aromatic ring is 2. The first-order chi connectivity index (χ1) is 12.0. The summed E-state index contributed by atoms with van der Waals surface area (Å²) in [4.78, 5) is -1.44. The van der Waals surface area contributed by atoms with Crippen molar-refractivity contribution in [2.75, 3.05) is 25.6 Å². The van der Waals surface area contributed by atoms with Crippen LogP contribution in [0.25, 0.3) is 11.1 Å². The molecule has 26 heavy (non-hydrogen) atoms. The van der Waals surface area contributed by atoms with Crippen LogP contribution in [0, 0.1) is 0 Å². The van der Waals surface area contributed by atoms with Gasteiger partial charge >= 0.3 is 0 Å². The van der Waals surface area contributed by atoms with Crippen molar-refractivity contribution in [3.8, 4) is 11.1 Å². The number of quaternary nitrogens is 2. The summed E-state index contributed by atoms with van der Waals surface area (Å²) < 4.78 is 68.1. The lowest BCUT2D eigenvalue weighted by Gasteiger charge is -2.18. The lowest BCUT2D eigenvalue weighted by Crippen LogP contribution is -2.40. The predicted molar refractivity (Wildman–Crippen MR) is 94.3 cm³/mol. The zero-order valence-corrected chi connectivity index (χ0v) is 15.9. The molecule has 0 atom stereocenters. The van der Waals surface area contributed by atoms with Crippen LogP contribution in [0.1, 0.15) is 0 Å². The van der Waals surface area contributed by atoms with Gasteiger partial charge in [-0.2, -0.15) is 0 Å². The number of hydrogen-bond acceptors (Lipinski definition) is 8. The van der Waals surface area contributed by atoms with E-state index in [-0.39, 0.29) is 22.5 Å². The van der Waals surface area contributed by atoms with Crippen molar-refractivity contribution in [1.82, 2.24) is 0 Å². The summed E-state index contributed by atoms with van der Waals surface area (Å²) in [6.45, 7) is 0. The summed E-state index contributed by atoms with van der Waals surface area (Å²) in [5.74, 6) is 0. The minimum Gasteiger partial charge on any atom is -0.744 e. The standard InChI is InChI=1S/C12H12N2O6S2.2CH5N/c13-7-1-3-9(11(5-7)21(15,16)17)10-4-2-8(14)6-12(10)22(18,19)20;2*1-2/h1-6H,13-14H2,(H,15,16,17)(H,18,19,20);2*2H2,1H3. The van der Waals surface area contributed by atoms with Gasteiger partial charge < -0.3 is 32.0 Å². The van der Waals surface area contributed by atoms with Crippen LogP contribution >= 0.6 is 0 Å². The van der Waals surface area contributed by atoms with E-state index in [1.807, 2.05) is 0 Å². The lowest BCUT2D eigenvalue weighted by molar-refractivity contribution is -0.325. The molecule has 0 aromatic heterocycles. The van der Waals surface area contributed by atoms with E-state index < -0.39 is 30.0 Å². The van der Waals surface area contributed by atoms with Gasteiger partial charge in [-0.1, -0.05) is 12.1 Å². The molecule has 0 heterocycles. The van der Waals surface area contributed by atoms with Crippen molar-refractivity contribution >= 4 is 31.6 Å². The monoisotopic (exact) mass is 406 g/mol. The first-order valence-electron chi connectivity index (χ1n) is 7.13. The highest BCUT2D eigenvalue weighted by molar-refractivity contribution is 7.86. The van der Waals surface area contributed by atoms with Gasteiger partial charge in [0.25, 0.3) is 0 Å². The Morgan fingerprint density at radius 3 is 1.19 bits per heavy atom. The summed E-state index contributed by atoms with van der Waals surface area (Å²) in [6, 6.07) is 6.66. The van der Waals surface area contributed by atoms with E-state index in [9.17, 15) is 25.9 Å². The highest BCUT2D eigenvalue weighted by atomic mass is 32.2. The molecule has 0 saturated heterocycles. The Morgan fingerprint density at radius 1 is 0.692 bits per heavy atom. The second-order valence-electron chi connectivity index (χ2n) is 4.42. The Bertz CT molecular complexity index is 880. The summed E-state index contributed by atoms with van der Waals surface area (Å²) in [5.41, 5.74) is 16.9. The Kier molecular flexibility index (Phi) is 8.66. The Labute approximate surface area is 152 Å². The van der Waals surface area contributed by atoms with Crippen molar-refractivity contribution in [1.29, 1.82) is 0 Å². The van der Waals surface area contributed by atoms with Crippen LogP contribution in [0.3, 0.4) is 0 Å². The summed E-state index contributed by atoms with van der Waals surface area (Å²) in [5, 5.41) is 0. The molecule has 12 heteroatoms. The molecule has 0 amide bonds. The molecular weight excluding hydrogens is 384 g/mol. The van der Waals surface area contributed by atoms with Crippen molar-refractivity contribution < 1.29 is 37.4 Å². The largest absolute Gasteiger partial charge is 0.744 e. The van der Waals surface area contributed by atoms with E-state index in [2.05, 4.69) is 11.5 Å². The first kappa shape index (κ1) is 23.8. The van der Waals surface area contributed by atoms with Gasteiger partial charge in [0.15, 0.2) is 0 Å². The molecular formula is C14H22N4O6S2. The zero-order chi connectivity index (χ0) is 20.7. The van der Waals surface area contributed by atoms with Crippen LogP contribution in [0.5, 0.6) is 0 Å². The average Bonchev–Trinajstić information content (AvgIpc) is 2.57. The Balaban J connectivity index is 0.00000146. The van der Waals surface area contributed by atoms with E-state index in [4.69, 9.17) is 11.5 Å². The van der Waals surface area contributed by atoms with E-state index in [0.717, 1.165) is 24.3 Å². The minimum atomic E-state index is -4.93. The van der Waals surface area contributed by atoms with E-state index in [0.29, 0.717) is 0 Å². The number of benzene rings is 2. The average molecular weight is 406 g/mol. The van der Waals surface area contributed by atoms with Gasteiger partial charge in [-0.05, 0) is 24.3 Å². The van der Waals surface area contributed by atoms with Gasteiger partial charge in [0.05, 0.1) is 23.9 Å². The third kappa shape index (κ3) is 5.94. The third-order valence-electron chi connectivity index (χ3n) is 2.84. The van der Waals surface area contributed by atoms with E-state index in [1.165, 1.54) is 12.1 Å². The van der Waals surface area contributed by atoms with Gasteiger partial charge in [-0.25, -0.2) is 16.8 Å². The second kappa shape index (κ2) is 9.47. The minimum absolute atomic E-state index is 0.000139. The number of rotatable bonds is 3. The molecule has 0 radical (unpaired) electrons. The molecule has 0 saturated carbocycles. The summed E-state index contributed by atoms with van der Waals surface area (Å²) >= 11 is 0. The smallest absolute Gasteiger partial charge is 0.125 e. The predicted octanol–water partition coefficient (Wildman–Crippen LogP) is -1.96. The third-order valence-corrected chi connectivity index (χ3v) is 4.59. The van der Waals surface area contributed by atoms with Crippen LogP contribution < -0.4 is 22.9 Å². The van der Waals surface area contributed by atoms with Gasteiger partial charge in [-0.3, -0.25) is 0 Å². The molecule has 10 nitrogen and oxygen atoms in total. The number of anilines is 2. The number of hydrogen-bond donors (Lipinski definition) is 4. The van der Waals surface area contributed by atoms with Crippen molar-refractivity contribution in [3.63, 3.8) is 0 Å². The van der Waals surface area contributed by atoms with E-state index >= 15 is 0 Å². The fourth-order valence-electron chi connectivity index (χ4n) is 1.94. The molecule has 0 bridgehead atoms. The van der Waals surface area contributed by atoms with Crippen LogP contribution in [-0.4, -0.2) is 40.0 Å². The van der Waals surface area contributed by atoms with Crippen molar-refractivity contribution in [2.24, 2.45) is 0 Å². The molecule has 2 aromatic rings. The molecule has 0 unspecified atom stereocenters. The highest BCUT2D eigenvalue weighted by Gasteiger charge is 2.17. The molecule has 2 rings (SSSR count). The van der Waals surface area contributed by atoms with Gasteiger partial charge in [0.1, 0.15) is 20.2 Å². The van der Waals surface area contributed by atoms with Gasteiger partial charge in [0, 0.05) is 22.5 Å². The van der Waals surface area contributed by atoms with Crippen LogP contribution in [0.15, 0.2) is 46.2 Å². The van der Waals surface area contributed by atoms with E-state index in [1.54, 1.807) is 14.1 Å². The molecule has 0 aliphatic carbocycles. The normalized spacial score (nSPS) is 10.8. The molecule has 146 valence electrons. The molecule has 0 fully saturated rings. The number of nitrogens with two attached hydrogens (primary N) is 2. The fourth-order valence-corrected chi connectivity index (χ4v) is 3.39. The second-order valence-corrected chi connectivity index (χ2v) is 7.12. The molecule has 0 spiro atoms. The van der Waals surface area contributed by atoms with Crippen LogP contribution in [0.4, 0.5) is 11.4 Å². The highest BCUT2D eigenvalue weighted by Crippen LogP contribution is 2.34. The van der Waals surface area contributed by atoms with Crippen molar-refractivity contribution in [2.45, 2.75) is 9.79 Å². The van der Waals surface area contributed by atoms with Gasteiger partial charge in [0.2, 0.25) is 0 Å². The fraction of sp³-hybridized carbons (Fsp3) is 0.143. The quantitative estimate of drug-likeness (QED) is 0.330. The molecule has 0 aliphatic heterocycles. The maximum Gasteiger partial charge on any atom is 0.125 e. The van der Waals surface area contributed by atoms with Crippen LogP contribution in [0.2, 0.25) is 0 Å².